The monoisotopic (exact) mass is 288 g/mol. The van der Waals surface area contributed by atoms with E-state index < -0.39 is 0 Å². The molecule has 1 aromatic rings. The van der Waals surface area contributed by atoms with Gasteiger partial charge in [-0.3, -0.25) is 4.90 Å². The number of aliphatic hydroxyl groups excluding tert-OH is 1. The van der Waals surface area contributed by atoms with Crippen LogP contribution in [0.3, 0.4) is 0 Å². The van der Waals surface area contributed by atoms with Gasteiger partial charge in [-0.05, 0) is 37.7 Å². The minimum atomic E-state index is 0.342. The molecule has 4 atom stereocenters. The number of aliphatic hydroxyl groups is 1. The molecule has 0 unspecified atom stereocenters. The fourth-order valence-corrected chi connectivity index (χ4v) is 4.00. The number of hydrogen-bond donors (Lipinski definition) is 2. The Kier molecular flexibility index (Phi) is 4.94. The summed E-state index contributed by atoms with van der Waals surface area (Å²) in [5.41, 5.74) is 1.41. The first-order valence-corrected chi connectivity index (χ1v) is 8.44. The Morgan fingerprint density at radius 3 is 2.81 bits per heavy atom. The molecule has 1 saturated carbocycles. The van der Waals surface area contributed by atoms with Gasteiger partial charge in [-0.1, -0.05) is 36.8 Å². The van der Waals surface area contributed by atoms with Crippen LogP contribution >= 0.6 is 0 Å². The Labute approximate surface area is 128 Å². The first-order chi connectivity index (χ1) is 10.3. The average Bonchev–Trinajstić information content (AvgIpc) is 3.17. The third-order valence-electron chi connectivity index (χ3n) is 5.39. The third kappa shape index (κ3) is 3.47. The van der Waals surface area contributed by atoms with E-state index in [1.807, 2.05) is 0 Å². The van der Waals surface area contributed by atoms with Gasteiger partial charge < -0.3 is 10.4 Å². The van der Waals surface area contributed by atoms with Gasteiger partial charge in [-0.2, -0.15) is 0 Å². The predicted octanol–water partition coefficient (Wildman–Crippen LogP) is 2.57. The van der Waals surface area contributed by atoms with Crippen molar-refractivity contribution in [1.29, 1.82) is 0 Å². The number of nitrogens with zero attached hydrogens (tertiary/aromatic N) is 1. The minimum absolute atomic E-state index is 0.342. The van der Waals surface area contributed by atoms with E-state index in [4.69, 9.17) is 0 Å². The second-order valence-electron chi connectivity index (χ2n) is 6.71. The van der Waals surface area contributed by atoms with Gasteiger partial charge in [-0.25, -0.2) is 0 Å². The molecule has 116 valence electrons. The molecule has 0 aromatic heterocycles. The Bertz CT molecular complexity index is 436. The minimum Gasteiger partial charge on any atom is -0.396 e. The lowest BCUT2D eigenvalue weighted by atomic mass is 10.0. The van der Waals surface area contributed by atoms with Gasteiger partial charge in [0.25, 0.3) is 0 Å². The molecule has 1 aliphatic heterocycles. The van der Waals surface area contributed by atoms with Crippen molar-refractivity contribution in [1.82, 2.24) is 10.2 Å². The number of benzene rings is 1. The van der Waals surface area contributed by atoms with Crippen LogP contribution in [0.15, 0.2) is 30.3 Å². The molecule has 0 bridgehead atoms. The highest BCUT2D eigenvalue weighted by atomic mass is 16.3. The van der Waals surface area contributed by atoms with Gasteiger partial charge in [0.05, 0.1) is 0 Å². The average molecular weight is 288 g/mol. The van der Waals surface area contributed by atoms with E-state index in [1.165, 1.54) is 37.8 Å². The maximum atomic E-state index is 9.45. The van der Waals surface area contributed by atoms with Crippen molar-refractivity contribution in [3.8, 4) is 0 Å². The lowest BCUT2D eigenvalue weighted by Gasteiger charge is -2.27. The lowest BCUT2D eigenvalue weighted by Crippen LogP contribution is -2.43. The second kappa shape index (κ2) is 6.91. The van der Waals surface area contributed by atoms with Crippen molar-refractivity contribution in [2.45, 2.75) is 50.7 Å². The molecule has 0 radical (unpaired) electrons. The highest BCUT2D eigenvalue weighted by Crippen LogP contribution is 2.28. The molecular formula is C18H28N2O. The summed E-state index contributed by atoms with van der Waals surface area (Å²) in [5, 5.41) is 13.3. The number of likely N-dealkylation sites (tertiary alicyclic amines) is 1. The smallest absolute Gasteiger partial charge is 0.0474 e. The summed E-state index contributed by atoms with van der Waals surface area (Å²) in [7, 11) is 0. The lowest BCUT2D eigenvalue weighted by molar-refractivity contribution is 0.196. The van der Waals surface area contributed by atoms with Crippen molar-refractivity contribution in [3.63, 3.8) is 0 Å². The van der Waals surface area contributed by atoms with E-state index in [1.54, 1.807) is 0 Å². The zero-order valence-electron chi connectivity index (χ0n) is 13.0. The molecule has 3 rings (SSSR count). The van der Waals surface area contributed by atoms with Crippen LogP contribution in [0.2, 0.25) is 0 Å². The van der Waals surface area contributed by atoms with E-state index in [2.05, 4.69) is 47.5 Å². The molecule has 3 nitrogen and oxygen atoms in total. The van der Waals surface area contributed by atoms with Gasteiger partial charge >= 0.3 is 0 Å². The highest BCUT2D eigenvalue weighted by molar-refractivity contribution is 5.18. The second-order valence-corrected chi connectivity index (χ2v) is 6.71. The van der Waals surface area contributed by atoms with Crippen LogP contribution in [-0.2, 0) is 0 Å². The fraction of sp³-hybridized carbons (Fsp3) is 0.667. The molecule has 2 fully saturated rings. The Morgan fingerprint density at radius 1 is 1.24 bits per heavy atom. The van der Waals surface area contributed by atoms with Crippen molar-refractivity contribution >= 4 is 0 Å². The van der Waals surface area contributed by atoms with Crippen molar-refractivity contribution < 1.29 is 5.11 Å². The van der Waals surface area contributed by atoms with Crippen LogP contribution in [0.5, 0.6) is 0 Å². The molecular weight excluding hydrogens is 260 g/mol. The van der Waals surface area contributed by atoms with Gasteiger partial charge in [0.2, 0.25) is 0 Å². The predicted molar refractivity (Wildman–Crippen MR) is 86.2 cm³/mol. The summed E-state index contributed by atoms with van der Waals surface area (Å²) in [6, 6.07) is 12.4. The Hall–Kier alpha value is -0.900. The quantitative estimate of drug-likeness (QED) is 0.874. The van der Waals surface area contributed by atoms with E-state index in [9.17, 15) is 5.11 Å². The molecule has 2 N–H and O–H groups in total. The number of hydrogen-bond acceptors (Lipinski definition) is 3. The van der Waals surface area contributed by atoms with Crippen LogP contribution in [0.1, 0.15) is 44.2 Å². The SMILES string of the molecule is C[C@H](c1ccccc1)N1CC[C@H](N[C@@H]2CCC[C@@H]2CO)C1. The summed E-state index contributed by atoms with van der Waals surface area (Å²) in [6.07, 6.45) is 4.91. The summed E-state index contributed by atoms with van der Waals surface area (Å²) >= 11 is 0. The Morgan fingerprint density at radius 2 is 2.05 bits per heavy atom. The topological polar surface area (TPSA) is 35.5 Å². The summed E-state index contributed by atoms with van der Waals surface area (Å²) in [5.74, 6) is 0.477. The molecule has 1 aliphatic carbocycles. The molecule has 21 heavy (non-hydrogen) atoms. The van der Waals surface area contributed by atoms with Gasteiger partial charge in [0.1, 0.15) is 0 Å². The normalized spacial score (nSPS) is 31.6. The van der Waals surface area contributed by atoms with E-state index in [-0.39, 0.29) is 0 Å². The molecule has 1 saturated heterocycles. The fourth-order valence-electron chi connectivity index (χ4n) is 4.00. The van der Waals surface area contributed by atoms with Crippen LogP contribution in [-0.4, -0.2) is 41.8 Å². The van der Waals surface area contributed by atoms with E-state index in [0.29, 0.717) is 30.7 Å². The molecule has 0 spiro atoms. The largest absolute Gasteiger partial charge is 0.396 e. The Balaban J connectivity index is 1.53. The zero-order chi connectivity index (χ0) is 14.7. The first-order valence-electron chi connectivity index (χ1n) is 8.44. The maximum absolute atomic E-state index is 9.45. The molecule has 3 heteroatoms. The van der Waals surface area contributed by atoms with E-state index >= 15 is 0 Å². The maximum Gasteiger partial charge on any atom is 0.0474 e. The zero-order valence-corrected chi connectivity index (χ0v) is 13.0. The van der Waals surface area contributed by atoms with Gasteiger partial charge in [0.15, 0.2) is 0 Å². The van der Waals surface area contributed by atoms with Gasteiger partial charge in [0, 0.05) is 37.8 Å². The summed E-state index contributed by atoms with van der Waals surface area (Å²) in [4.78, 5) is 2.58. The third-order valence-corrected chi connectivity index (χ3v) is 5.39. The van der Waals surface area contributed by atoms with Crippen molar-refractivity contribution in [3.05, 3.63) is 35.9 Å². The molecule has 2 aliphatic rings. The molecule has 0 amide bonds. The highest BCUT2D eigenvalue weighted by Gasteiger charge is 2.32. The standard InChI is InChI=1S/C18H28N2O/c1-14(15-6-3-2-4-7-15)20-11-10-17(12-20)19-18-9-5-8-16(18)13-21/h2-4,6-7,14,16-19,21H,5,8-13H2,1H3/t14-,16-,17+,18-/m1/s1. The van der Waals surface area contributed by atoms with Crippen LogP contribution in [0.25, 0.3) is 0 Å². The summed E-state index contributed by atoms with van der Waals surface area (Å²) in [6.45, 7) is 4.95. The van der Waals surface area contributed by atoms with Crippen LogP contribution in [0.4, 0.5) is 0 Å². The van der Waals surface area contributed by atoms with Crippen LogP contribution < -0.4 is 5.32 Å². The summed E-state index contributed by atoms with van der Waals surface area (Å²) < 4.78 is 0. The van der Waals surface area contributed by atoms with Gasteiger partial charge in [-0.15, -0.1) is 0 Å². The number of rotatable bonds is 5. The molecule has 1 aromatic carbocycles. The first kappa shape index (κ1) is 15.0. The van der Waals surface area contributed by atoms with Crippen molar-refractivity contribution in [2.24, 2.45) is 5.92 Å². The van der Waals surface area contributed by atoms with Crippen molar-refractivity contribution in [2.75, 3.05) is 19.7 Å². The van der Waals surface area contributed by atoms with E-state index in [0.717, 1.165) is 6.54 Å². The number of nitrogens with one attached hydrogen (secondary N) is 1. The molecule has 1 heterocycles. The van der Waals surface area contributed by atoms with Crippen LogP contribution in [0, 0.1) is 5.92 Å².